The van der Waals surface area contributed by atoms with Crippen molar-refractivity contribution in [2.75, 3.05) is 18.1 Å². The molecule has 0 saturated heterocycles. The summed E-state index contributed by atoms with van der Waals surface area (Å²) in [5.74, 6) is -0.223. The molecule has 0 aliphatic carbocycles. The zero-order chi connectivity index (χ0) is 13.4. The number of hydrogen-bond acceptors (Lipinski definition) is 5. The lowest BCUT2D eigenvalue weighted by Crippen LogP contribution is -2.12. The second kappa shape index (κ2) is 4.64. The maximum Gasteiger partial charge on any atom is 0.275 e. The SMILES string of the molecule is CN1Cc2ccc(NC(=O)c3csc(N)n3)cc2C1. The summed E-state index contributed by atoms with van der Waals surface area (Å²) in [7, 11) is 2.08. The van der Waals surface area contributed by atoms with E-state index in [9.17, 15) is 4.79 Å². The Bertz CT molecular complexity index is 637. The maximum atomic E-state index is 12.0. The van der Waals surface area contributed by atoms with Crippen LogP contribution in [-0.2, 0) is 13.1 Å². The van der Waals surface area contributed by atoms with Crippen LogP contribution in [0, 0.1) is 0 Å². The highest BCUT2D eigenvalue weighted by Crippen LogP contribution is 2.24. The van der Waals surface area contributed by atoms with E-state index in [1.165, 1.54) is 22.5 Å². The Kier molecular flexibility index (Phi) is 2.96. The molecule has 3 rings (SSSR count). The van der Waals surface area contributed by atoms with Gasteiger partial charge >= 0.3 is 0 Å². The molecule has 2 aromatic rings. The number of hydrogen-bond donors (Lipinski definition) is 2. The molecule has 0 unspecified atom stereocenters. The van der Waals surface area contributed by atoms with Crippen molar-refractivity contribution >= 4 is 28.1 Å². The number of nitrogen functional groups attached to an aromatic ring is 1. The number of rotatable bonds is 2. The largest absolute Gasteiger partial charge is 0.375 e. The van der Waals surface area contributed by atoms with E-state index >= 15 is 0 Å². The van der Waals surface area contributed by atoms with Gasteiger partial charge in [0.2, 0.25) is 0 Å². The average molecular weight is 274 g/mol. The van der Waals surface area contributed by atoms with Crippen LogP contribution in [0.25, 0.3) is 0 Å². The van der Waals surface area contributed by atoms with Gasteiger partial charge < -0.3 is 11.1 Å². The average Bonchev–Trinajstić information content (AvgIpc) is 2.93. The maximum absolute atomic E-state index is 12.0. The molecule has 2 heterocycles. The third-order valence-corrected chi connectivity index (χ3v) is 3.77. The molecule has 1 aliphatic heterocycles. The Hall–Kier alpha value is -1.92. The van der Waals surface area contributed by atoms with E-state index in [1.54, 1.807) is 5.38 Å². The van der Waals surface area contributed by atoms with Crippen molar-refractivity contribution in [1.82, 2.24) is 9.88 Å². The van der Waals surface area contributed by atoms with Crippen LogP contribution in [0.1, 0.15) is 21.6 Å². The van der Waals surface area contributed by atoms with Gasteiger partial charge in [-0.1, -0.05) is 6.07 Å². The lowest BCUT2D eigenvalue weighted by molar-refractivity contribution is 0.102. The van der Waals surface area contributed by atoms with Crippen molar-refractivity contribution in [3.8, 4) is 0 Å². The number of carbonyl (C=O) groups is 1. The highest BCUT2D eigenvalue weighted by molar-refractivity contribution is 7.13. The van der Waals surface area contributed by atoms with E-state index in [0.29, 0.717) is 10.8 Å². The normalized spacial score (nSPS) is 14.4. The second-order valence-corrected chi connectivity index (χ2v) is 5.57. The van der Waals surface area contributed by atoms with E-state index in [-0.39, 0.29) is 5.91 Å². The summed E-state index contributed by atoms with van der Waals surface area (Å²) in [5.41, 5.74) is 9.26. The smallest absolute Gasteiger partial charge is 0.275 e. The molecule has 1 aromatic heterocycles. The molecule has 98 valence electrons. The first-order chi connectivity index (χ1) is 9.11. The van der Waals surface area contributed by atoms with Gasteiger partial charge in [-0.25, -0.2) is 4.98 Å². The molecule has 6 heteroatoms. The minimum Gasteiger partial charge on any atom is -0.375 e. The third kappa shape index (κ3) is 2.45. The standard InChI is InChI=1S/C13H14N4OS/c1-17-5-8-2-3-10(4-9(8)6-17)15-12(18)11-7-19-13(14)16-11/h2-4,7H,5-6H2,1H3,(H2,14,16)(H,15,18). The highest BCUT2D eigenvalue weighted by Gasteiger charge is 2.16. The quantitative estimate of drug-likeness (QED) is 0.877. The summed E-state index contributed by atoms with van der Waals surface area (Å²) >= 11 is 1.26. The van der Waals surface area contributed by atoms with E-state index < -0.39 is 0 Å². The first-order valence-electron chi connectivity index (χ1n) is 5.94. The Balaban J connectivity index is 1.77. The van der Waals surface area contributed by atoms with Crippen LogP contribution in [0.4, 0.5) is 10.8 Å². The summed E-state index contributed by atoms with van der Waals surface area (Å²) in [4.78, 5) is 18.2. The number of nitrogens with zero attached hydrogens (tertiary/aromatic N) is 2. The Morgan fingerprint density at radius 1 is 1.42 bits per heavy atom. The predicted molar refractivity (Wildman–Crippen MR) is 76.1 cm³/mol. The Morgan fingerprint density at radius 2 is 2.21 bits per heavy atom. The number of fused-ring (bicyclic) bond motifs is 1. The third-order valence-electron chi connectivity index (χ3n) is 3.10. The molecule has 1 amide bonds. The molecule has 0 atom stereocenters. The van der Waals surface area contributed by atoms with E-state index in [4.69, 9.17) is 5.73 Å². The lowest BCUT2D eigenvalue weighted by atomic mass is 10.1. The molecule has 19 heavy (non-hydrogen) atoms. The van der Waals surface area contributed by atoms with Gasteiger partial charge in [0.05, 0.1) is 0 Å². The number of anilines is 2. The number of amides is 1. The van der Waals surface area contributed by atoms with Crippen LogP contribution in [0.3, 0.4) is 0 Å². The van der Waals surface area contributed by atoms with Crippen molar-refractivity contribution < 1.29 is 4.79 Å². The van der Waals surface area contributed by atoms with Gasteiger partial charge in [0.25, 0.3) is 5.91 Å². The van der Waals surface area contributed by atoms with Crippen molar-refractivity contribution in [2.45, 2.75) is 13.1 Å². The van der Waals surface area contributed by atoms with Gasteiger partial charge in [-0.15, -0.1) is 11.3 Å². The zero-order valence-corrected chi connectivity index (χ0v) is 11.3. The Morgan fingerprint density at radius 3 is 2.95 bits per heavy atom. The molecule has 3 N–H and O–H groups in total. The predicted octanol–water partition coefficient (Wildman–Crippen LogP) is 1.92. The number of benzene rings is 1. The summed E-state index contributed by atoms with van der Waals surface area (Å²) in [6, 6.07) is 6.00. The van der Waals surface area contributed by atoms with Crippen molar-refractivity contribution in [1.29, 1.82) is 0 Å². The molecule has 1 aliphatic rings. The van der Waals surface area contributed by atoms with Crippen molar-refractivity contribution in [3.63, 3.8) is 0 Å². The first-order valence-corrected chi connectivity index (χ1v) is 6.82. The van der Waals surface area contributed by atoms with Crippen molar-refractivity contribution in [2.24, 2.45) is 0 Å². The summed E-state index contributed by atoms with van der Waals surface area (Å²) in [6.07, 6.45) is 0. The van der Waals surface area contributed by atoms with Gasteiger partial charge in [-0.3, -0.25) is 9.69 Å². The number of nitrogens with two attached hydrogens (primary N) is 1. The molecular weight excluding hydrogens is 260 g/mol. The van der Waals surface area contributed by atoms with Gasteiger partial charge in [0.1, 0.15) is 5.69 Å². The lowest BCUT2D eigenvalue weighted by Gasteiger charge is -2.05. The molecule has 0 bridgehead atoms. The molecular formula is C13H14N4OS. The van der Waals surface area contributed by atoms with Gasteiger partial charge in [0, 0.05) is 24.2 Å². The molecule has 1 aromatic carbocycles. The van der Waals surface area contributed by atoms with Gasteiger partial charge in [-0.05, 0) is 30.3 Å². The summed E-state index contributed by atoms with van der Waals surface area (Å²) < 4.78 is 0. The number of carbonyl (C=O) groups excluding carboxylic acids is 1. The minimum absolute atomic E-state index is 0.223. The monoisotopic (exact) mass is 274 g/mol. The highest BCUT2D eigenvalue weighted by atomic mass is 32.1. The van der Waals surface area contributed by atoms with Crippen LogP contribution in [0.2, 0.25) is 0 Å². The number of aromatic nitrogens is 1. The zero-order valence-electron chi connectivity index (χ0n) is 10.5. The van der Waals surface area contributed by atoms with Crippen LogP contribution >= 0.6 is 11.3 Å². The first kappa shape index (κ1) is 12.1. The van der Waals surface area contributed by atoms with Crippen LogP contribution in [0.5, 0.6) is 0 Å². The molecule has 0 radical (unpaired) electrons. The number of thiazole rings is 1. The molecule has 0 saturated carbocycles. The summed E-state index contributed by atoms with van der Waals surface area (Å²) in [6.45, 7) is 1.88. The van der Waals surface area contributed by atoms with E-state index in [1.807, 2.05) is 12.1 Å². The second-order valence-electron chi connectivity index (χ2n) is 4.68. The fraction of sp³-hybridized carbons (Fsp3) is 0.231. The summed E-state index contributed by atoms with van der Waals surface area (Å²) in [5, 5.41) is 4.91. The minimum atomic E-state index is -0.223. The molecule has 0 fully saturated rings. The topological polar surface area (TPSA) is 71.2 Å². The Labute approximate surface area is 115 Å². The van der Waals surface area contributed by atoms with Gasteiger partial charge in [-0.2, -0.15) is 0 Å². The molecule has 0 spiro atoms. The van der Waals surface area contributed by atoms with Gasteiger partial charge in [0.15, 0.2) is 5.13 Å². The number of nitrogens with one attached hydrogen (secondary N) is 1. The van der Waals surface area contributed by atoms with E-state index in [2.05, 4.69) is 28.3 Å². The van der Waals surface area contributed by atoms with Crippen molar-refractivity contribution in [3.05, 3.63) is 40.4 Å². The fourth-order valence-corrected chi connectivity index (χ4v) is 2.77. The van der Waals surface area contributed by atoms with Crippen LogP contribution in [-0.4, -0.2) is 22.8 Å². The van der Waals surface area contributed by atoms with E-state index in [0.717, 1.165) is 18.8 Å². The fourth-order valence-electron chi connectivity index (χ4n) is 2.23. The van der Waals surface area contributed by atoms with Crippen LogP contribution in [0.15, 0.2) is 23.6 Å². The van der Waals surface area contributed by atoms with Crippen LogP contribution < -0.4 is 11.1 Å². The molecule has 5 nitrogen and oxygen atoms in total.